The van der Waals surface area contributed by atoms with Crippen molar-refractivity contribution in [3.63, 3.8) is 0 Å². The molecule has 0 bridgehead atoms. The summed E-state index contributed by atoms with van der Waals surface area (Å²) in [7, 11) is 0. The van der Waals surface area contributed by atoms with Crippen LogP contribution >= 0.6 is 0 Å². The standard InChI is InChI=1S/C16H19N3O2/c17-14(20)11-3-1-4-12-13(11)21-15(19-12)10-7-16(5-2-6-16)9-18-8-10/h1,3-4,10,18H,2,5-9H2,(H2,17,20). The van der Waals surface area contributed by atoms with Gasteiger partial charge in [-0.1, -0.05) is 12.5 Å². The molecular formula is C16H19N3O2. The summed E-state index contributed by atoms with van der Waals surface area (Å²) in [5.41, 5.74) is 7.49. The lowest BCUT2D eigenvalue weighted by molar-refractivity contribution is 0.0763. The van der Waals surface area contributed by atoms with Crippen LogP contribution in [0.25, 0.3) is 11.1 Å². The third-order valence-electron chi connectivity index (χ3n) is 5.03. The highest BCUT2D eigenvalue weighted by Gasteiger charge is 2.42. The van der Waals surface area contributed by atoms with Crippen LogP contribution in [0, 0.1) is 5.41 Å². The molecule has 2 aliphatic rings. The minimum Gasteiger partial charge on any atom is -0.439 e. The van der Waals surface area contributed by atoms with Crippen molar-refractivity contribution in [1.82, 2.24) is 10.3 Å². The molecular weight excluding hydrogens is 266 g/mol. The van der Waals surface area contributed by atoms with Gasteiger partial charge in [-0.05, 0) is 36.8 Å². The average Bonchev–Trinajstić information content (AvgIpc) is 2.89. The quantitative estimate of drug-likeness (QED) is 0.886. The van der Waals surface area contributed by atoms with Crippen LogP contribution in [0.1, 0.15) is 47.8 Å². The van der Waals surface area contributed by atoms with Crippen LogP contribution in [0.2, 0.25) is 0 Å². The molecule has 1 aliphatic carbocycles. The minimum absolute atomic E-state index is 0.284. The second kappa shape index (κ2) is 4.56. The fourth-order valence-corrected chi connectivity index (χ4v) is 3.75. The molecule has 2 heterocycles. The molecule has 1 saturated heterocycles. The van der Waals surface area contributed by atoms with Crippen LogP contribution in [0.5, 0.6) is 0 Å². The third kappa shape index (κ3) is 2.03. The van der Waals surface area contributed by atoms with Crippen molar-refractivity contribution in [2.24, 2.45) is 11.1 Å². The van der Waals surface area contributed by atoms with Gasteiger partial charge in [-0.2, -0.15) is 0 Å². The van der Waals surface area contributed by atoms with Gasteiger partial charge in [0.15, 0.2) is 11.5 Å². The number of benzene rings is 1. The molecule has 1 aromatic heterocycles. The largest absolute Gasteiger partial charge is 0.439 e. The topological polar surface area (TPSA) is 81.2 Å². The van der Waals surface area contributed by atoms with Crippen molar-refractivity contribution >= 4 is 17.0 Å². The zero-order valence-electron chi connectivity index (χ0n) is 11.9. The van der Waals surface area contributed by atoms with Crippen molar-refractivity contribution in [3.05, 3.63) is 29.7 Å². The van der Waals surface area contributed by atoms with Gasteiger partial charge in [0, 0.05) is 19.0 Å². The molecule has 1 saturated carbocycles. The van der Waals surface area contributed by atoms with Crippen LogP contribution in [-0.4, -0.2) is 24.0 Å². The SMILES string of the molecule is NC(=O)c1cccc2nc(C3CNCC4(CCC4)C3)oc12. The first-order valence-electron chi connectivity index (χ1n) is 7.57. The highest BCUT2D eigenvalue weighted by Crippen LogP contribution is 2.49. The number of aromatic nitrogens is 1. The number of hydrogen-bond acceptors (Lipinski definition) is 4. The third-order valence-corrected chi connectivity index (χ3v) is 5.03. The Morgan fingerprint density at radius 1 is 1.43 bits per heavy atom. The Balaban J connectivity index is 1.70. The van der Waals surface area contributed by atoms with E-state index in [2.05, 4.69) is 10.3 Å². The molecule has 110 valence electrons. The van der Waals surface area contributed by atoms with Crippen molar-refractivity contribution < 1.29 is 9.21 Å². The number of hydrogen-bond donors (Lipinski definition) is 2. The van der Waals surface area contributed by atoms with Crippen LogP contribution in [0.4, 0.5) is 0 Å². The van der Waals surface area contributed by atoms with Gasteiger partial charge in [0.25, 0.3) is 5.91 Å². The summed E-state index contributed by atoms with van der Waals surface area (Å²) in [6.07, 6.45) is 5.04. The second-order valence-electron chi connectivity index (χ2n) is 6.46. The van der Waals surface area contributed by atoms with E-state index >= 15 is 0 Å². The molecule has 1 amide bonds. The van der Waals surface area contributed by atoms with Crippen LogP contribution < -0.4 is 11.1 Å². The first-order chi connectivity index (χ1) is 10.2. The van der Waals surface area contributed by atoms with Crippen molar-refractivity contribution in [2.45, 2.75) is 31.6 Å². The lowest BCUT2D eigenvalue weighted by Crippen LogP contribution is -2.47. The van der Waals surface area contributed by atoms with E-state index in [1.54, 1.807) is 12.1 Å². The maximum Gasteiger partial charge on any atom is 0.252 e. The molecule has 1 aromatic carbocycles. The lowest BCUT2D eigenvalue weighted by atomic mass is 9.62. The Hall–Kier alpha value is -1.88. The number of primary amides is 1. The number of rotatable bonds is 2. The van der Waals surface area contributed by atoms with E-state index in [1.165, 1.54) is 19.3 Å². The number of carbonyl (C=O) groups excluding carboxylic acids is 1. The van der Waals surface area contributed by atoms with Gasteiger partial charge in [-0.25, -0.2) is 4.98 Å². The van der Waals surface area contributed by atoms with Gasteiger partial charge in [0.2, 0.25) is 0 Å². The molecule has 1 aliphatic heterocycles. The predicted molar refractivity (Wildman–Crippen MR) is 79.0 cm³/mol. The van der Waals surface area contributed by atoms with E-state index in [9.17, 15) is 4.79 Å². The molecule has 21 heavy (non-hydrogen) atoms. The van der Waals surface area contributed by atoms with Gasteiger partial charge < -0.3 is 15.5 Å². The molecule has 2 aromatic rings. The minimum atomic E-state index is -0.472. The monoisotopic (exact) mass is 285 g/mol. The zero-order valence-corrected chi connectivity index (χ0v) is 11.9. The highest BCUT2D eigenvalue weighted by molar-refractivity contribution is 6.03. The summed E-state index contributed by atoms with van der Waals surface area (Å²) in [6.45, 7) is 2.00. The number of piperidine rings is 1. The van der Waals surface area contributed by atoms with Crippen LogP contribution in [-0.2, 0) is 0 Å². The molecule has 1 atom stereocenters. The predicted octanol–water partition coefficient (Wildman–Crippen LogP) is 2.17. The Morgan fingerprint density at radius 3 is 3.00 bits per heavy atom. The van der Waals surface area contributed by atoms with Crippen molar-refractivity contribution in [3.8, 4) is 0 Å². The number of carbonyl (C=O) groups is 1. The van der Waals surface area contributed by atoms with E-state index in [0.29, 0.717) is 16.6 Å². The maximum absolute atomic E-state index is 11.5. The Bertz CT molecular complexity index is 703. The van der Waals surface area contributed by atoms with Gasteiger partial charge in [-0.15, -0.1) is 0 Å². The first-order valence-corrected chi connectivity index (χ1v) is 7.57. The summed E-state index contributed by atoms with van der Waals surface area (Å²) in [5.74, 6) is 0.546. The smallest absolute Gasteiger partial charge is 0.252 e. The fraction of sp³-hybridized carbons (Fsp3) is 0.500. The second-order valence-corrected chi connectivity index (χ2v) is 6.46. The molecule has 2 fully saturated rings. The average molecular weight is 285 g/mol. The van der Waals surface area contributed by atoms with E-state index in [0.717, 1.165) is 30.9 Å². The Labute approximate surface area is 122 Å². The first kappa shape index (κ1) is 12.8. The number of oxazole rings is 1. The normalized spacial score (nSPS) is 24.1. The van der Waals surface area contributed by atoms with E-state index in [-0.39, 0.29) is 5.92 Å². The van der Waals surface area contributed by atoms with E-state index in [4.69, 9.17) is 10.2 Å². The number of para-hydroxylation sites is 1. The molecule has 0 radical (unpaired) electrons. The maximum atomic E-state index is 11.5. The Morgan fingerprint density at radius 2 is 2.29 bits per heavy atom. The zero-order chi connectivity index (χ0) is 14.4. The molecule has 4 rings (SSSR count). The van der Waals surface area contributed by atoms with E-state index < -0.39 is 5.91 Å². The molecule has 1 unspecified atom stereocenters. The fourth-order valence-electron chi connectivity index (χ4n) is 3.75. The van der Waals surface area contributed by atoms with Crippen LogP contribution in [0.3, 0.4) is 0 Å². The van der Waals surface area contributed by atoms with Crippen LogP contribution in [0.15, 0.2) is 22.6 Å². The number of fused-ring (bicyclic) bond motifs is 1. The van der Waals surface area contributed by atoms with E-state index in [1.807, 2.05) is 6.07 Å². The van der Waals surface area contributed by atoms with Crippen molar-refractivity contribution in [2.75, 3.05) is 13.1 Å². The molecule has 5 nitrogen and oxygen atoms in total. The van der Waals surface area contributed by atoms with Crippen molar-refractivity contribution in [1.29, 1.82) is 0 Å². The van der Waals surface area contributed by atoms with Gasteiger partial charge >= 0.3 is 0 Å². The number of amides is 1. The number of nitrogens with one attached hydrogen (secondary N) is 1. The highest BCUT2D eigenvalue weighted by atomic mass is 16.3. The van der Waals surface area contributed by atoms with Gasteiger partial charge in [-0.3, -0.25) is 4.79 Å². The Kier molecular flexibility index (Phi) is 2.79. The molecule has 3 N–H and O–H groups in total. The molecule has 1 spiro atoms. The van der Waals surface area contributed by atoms with Gasteiger partial charge in [0.1, 0.15) is 5.52 Å². The number of nitrogens with two attached hydrogens (primary N) is 1. The summed E-state index contributed by atoms with van der Waals surface area (Å²) in [6, 6.07) is 5.34. The summed E-state index contributed by atoms with van der Waals surface area (Å²) in [4.78, 5) is 16.1. The summed E-state index contributed by atoms with van der Waals surface area (Å²) in [5, 5.41) is 3.52. The number of nitrogens with zero attached hydrogens (tertiary/aromatic N) is 1. The lowest BCUT2D eigenvalue weighted by Gasteiger charge is -2.47. The summed E-state index contributed by atoms with van der Waals surface area (Å²) < 4.78 is 5.91. The summed E-state index contributed by atoms with van der Waals surface area (Å²) >= 11 is 0. The van der Waals surface area contributed by atoms with Gasteiger partial charge in [0.05, 0.1) is 5.56 Å². The molecule has 5 heteroatoms.